The number of fused-ring (bicyclic) bond motifs is 3. The number of halogens is 2. The number of amides is 1. The Bertz CT molecular complexity index is 2100. The Morgan fingerprint density at radius 2 is 1.95 bits per heavy atom. The molecular weight excluding hydrogens is 727 g/mol. The topological polar surface area (TPSA) is 151 Å². The maximum absolute atomic E-state index is 17.3. The molecule has 3 aromatic heterocycles. The van der Waals surface area contributed by atoms with E-state index >= 15 is 4.39 Å². The molecule has 15 heteroatoms. The van der Waals surface area contributed by atoms with Gasteiger partial charge in [-0.1, -0.05) is 18.0 Å². The highest BCUT2D eigenvalue weighted by Gasteiger charge is 2.55. The summed E-state index contributed by atoms with van der Waals surface area (Å²) in [5.74, 6) is -0.0113. The van der Waals surface area contributed by atoms with Gasteiger partial charge in [0, 0.05) is 61.3 Å². The van der Waals surface area contributed by atoms with Crippen LogP contribution >= 0.6 is 11.6 Å². The average Bonchev–Trinajstić information content (AvgIpc) is 3.84. The minimum Gasteiger partial charge on any atom is -0.480 e. The molecule has 2 aliphatic carbocycles. The largest absolute Gasteiger partial charge is 0.480 e. The minimum atomic E-state index is -1.06. The smallest absolute Gasteiger partial charge is 0.404 e. The summed E-state index contributed by atoms with van der Waals surface area (Å²) < 4.78 is 35.6. The number of ether oxygens (including phenoxy) is 3. The number of piperidine rings is 2. The summed E-state index contributed by atoms with van der Waals surface area (Å²) in [5.41, 5.74) is 2.30. The summed E-state index contributed by atoms with van der Waals surface area (Å²) in [6, 6.07) is 3.02. The minimum absolute atomic E-state index is 0.00222. The van der Waals surface area contributed by atoms with Gasteiger partial charge in [-0.25, -0.2) is 14.2 Å². The lowest BCUT2D eigenvalue weighted by molar-refractivity contribution is -0.112. The Balaban J connectivity index is 1.09. The van der Waals surface area contributed by atoms with E-state index in [0.717, 1.165) is 70.3 Å². The molecule has 6 heterocycles. The number of likely N-dealkylation sites (tertiary alicyclic amines) is 1. The SMILES string of the molecule is COc1nc(-c2c(Cl)c(C)cc3[nH]ncc23)c(F)c2nc(OCC34CCCC3N(C3CC5(CCOCC5)C3)CCC4)nc(N3CCCC(CNC(=O)O)C3)c12. The van der Waals surface area contributed by atoms with E-state index in [4.69, 9.17) is 40.8 Å². The molecule has 5 aliphatic rings. The second-order valence-electron chi connectivity index (χ2n) is 16.8. The van der Waals surface area contributed by atoms with Gasteiger partial charge in [0.2, 0.25) is 5.88 Å². The summed E-state index contributed by atoms with van der Waals surface area (Å²) in [5, 5.41) is 20.3. The van der Waals surface area contributed by atoms with Crippen molar-refractivity contribution in [2.24, 2.45) is 16.7 Å². The maximum Gasteiger partial charge on any atom is 0.404 e. The Morgan fingerprint density at radius 1 is 1.13 bits per heavy atom. The lowest BCUT2D eigenvalue weighted by atomic mass is 9.60. The van der Waals surface area contributed by atoms with Gasteiger partial charge in [-0.05, 0) is 101 Å². The van der Waals surface area contributed by atoms with Crippen LogP contribution in [-0.2, 0) is 4.74 Å². The van der Waals surface area contributed by atoms with E-state index in [-0.39, 0.29) is 34.4 Å². The number of hydrogen-bond donors (Lipinski definition) is 3. The number of rotatable bonds is 9. The van der Waals surface area contributed by atoms with Crippen LogP contribution in [0.3, 0.4) is 0 Å². The molecule has 1 spiro atoms. The van der Waals surface area contributed by atoms with Crippen molar-refractivity contribution in [2.75, 3.05) is 58.0 Å². The van der Waals surface area contributed by atoms with E-state index in [1.165, 1.54) is 32.8 Å². The molecule has 3 atom stereocenters. The molecule has 9 rings (SSSR count). The third kappa shape index (κ3) is 6.51. The number of pyridine rings is 1. The molecule has 5 fully saturated rings. The number of methoxy groups -OCH3 is 1. The van der Waals surface area contributed by atoms with E-state index in [9.17, 15) is 9.90 Å². The summed E-state index contributed by atoms with van der Waals surface area (Å²) in [6.45, 7) is 6.64. The summed E-state index contributed by atoms with van der Waals surface area (Å²) in [7, 11) is 1.50. The molecule has 4 aromatic rings. The molecule has 13 nitrogen and oxygen atoms in total. The number of aromatic amines is 1. The lowest BCUT2D eigenvalue weighted by Gasteiger charge is -2.58. The van der Waals surface area contributed by atoms with E-state index in [1.807, 2.05) is 13.0 Å². The first kappa shape index (κ1) is 36.6. The molecule has 3 saturated heterocycles. The number of H-pyrrole nitrogens is 1. The zero-order valence-corrected chi connectivity index (χ0v) is 32.4. The number of anilines is 1. The highest BCUT2D eigenvalue weighted by Crippen LogP contribution is 2.56. The quantitative estimate of drug-likeness (QED) is 0.159. The zero-order chi connectivity index (χ0) is 37.9. The van der Waals surface area contributed by atoms with Crippen LogP contribution in [0.1, 0.15) is 76.2 Å². The van der Waals surface area contributed by atoms with Gasteiger partial charge in [-0.3, -0.25) is 10.00 Å². The second-order valence-corrected chi connectivity index (χ2v) is 17.1. The molecule has 3 aliphatic heterocycles. The van der Waals surface area contributed by atoms with E-state index in [0.29, 0.717) is 76.4 Å². The highest BCUT2D eigenvalue weighted by atomic mass is 35.5. The van der Waals surface area contributed by atoms with Crippen LogP contribution in [0.15, 0.2) is 12.3 Å². The van der Waals surface area contributed by atoms with Gasteiger partial charge >= 0.3 is 12.1 Å². The molecule has 3 unspecified atom stereocenters. The van der Waals surface area contributed by atoms with Gasteiger partial charge in [0.1, 0.15) is 22.4 Å². The number of benzene rings is 1. The van der Waals surface area contributed by atoms with E-state index < -0.39 is 11.9 Å². The predicted molar refractivity (Wildman–Crippen MR) is 207 cm³/mol. The number of aryl methyl sites for hydroxylation is 1. The van der Waals surface area contributed by atoms with Crippen LogP contribution in [0.25, 0.3) is 33.1 Å². The number of nitrogens with zero attached hydrogens (tertiary/aromatic N) is 6. The van der Waals surface area contributed by atoms with Crippen molar-refractivity contribution in [2.45, 2.75) is 89.6 Å². The normalized spacial score (nSPS) is 25.6. The van der Waals surface area contributed by atoms with Gasteiger partial charge in [-0.15, -0.1) is 0 Å². The Hall–Kier alpha value is -4.01. The van der Waals surface area contributed by atoms with Crippen LogP contribution in [0.4, 0.5) is 15.0 Å². The van der Waals surface area contributed by atoms with Crippen molar-refractivity contribution in [3.05, 3.63) is 28.7 Å². The van der Waals surface area contributed by atoms with Crippen LogP contribution in [0.2, 0.25) is 5.02 Å². The Morgan fingerprint density at radius 3 is 2.75 bits per heavy atom. The first-order valence-electron chi connectivity index (χ1n) is 19.9. The fourth-order valence-electron chi connectivity index (χ4n) is 10.8. The highest BCUT2D eigenvalue weighted by molar-refractivity contribution is 6.35. The van der Waals surface area contributed by atoms with E-state index in [2.05, 4.69) is 25.3 Å². The number of nitrogens with one attached hydrogen (secondary N) is 2. The fraction of sp³-hybridized carbons (Fsp3) is 0.625. The first-order valence-corrected chi connectivity index (χ1v) is 20.3. The van der Waals surface area contributed by atoms with Gasteiger partial charge in [0.25, 0.3) is 0 Å². The number of aromatic nitrogens is 5. The van der Waals surface area contributed by atoms with Gasteiger partial charge < -0.3 is 29.5 Å². The van der Waals surface area contributed by atoms with Crippen LogP contribution < -0.4 is 19.7 Å². The molecule has 1 aromatic carbocycles. The van der Waals surface area contributed by atoms with Gasteiger partial charge in [0.05, 0.1) is 30.5 Å². The van der Waals surface area contributed by atoms with Crippen molar-refractivity contribution in [3.8, 4) is 23.1 Å². The van der Waals surface area contributed by atoms with Crippen molar-refractivity contribution >= 4 is 45.3 Å². The summed E-state index contributed by atoms with van der Waals surface area (Å²) in [6.07, 6.45) is 12.6. The molecule has 55 heavy (non-hydrogen) atoms. The Kier molecular flexibility index (Phi) is 9.65. The third-order valence-electron chi connectivity index (χ3n) is 13.6. The van der Waals surface area contributed by atoms with Crippen LogP contribution in [0, 0.1) is 29.5 Å². The molecule has 2 saturated carbocycles. The fourth-order valence-corrected chi connectivity index (χ4v) is 11.0. The maximum atomic E-state index is 17.3. The van der Waals surface area contributed by atoms with Crippen molar-refractivity contribution < 1.29 is 28.5 Å². The van der Waals surface area contributed by atoms with Gasteiger partial charge in [0.15, 0.2) is 5.82 Å². The molecule has 0 radical (unpaired) electrons. The first-order chi connectivity index (χ1) is 26.7. The predicted octanol–water partition coefficient (Wildman–Crippen LogP) is 7.13. The van der Waals surface area contributed by atoms with Crippen LogP contribution in [0.5, 0.6) is 11.9 Å². The summed E-state index contributed by atoms with van der Waals surface area (Å²) >= 11 is 6.90. The standard InChI is InChI=1S/C40H50ClFN8O5/c1-23-16-27-26(20-44-48-27)29(31(23)41)33-32(42)34-30(36(45-33)53-2)35(49-12-4-6-24(21-49)19-43-38(51)52)47-37(46-34)55-22-40-8-3-7-28(40)50(13-5-9-40)25-17-39(18-25)10-14-54-15-11-39/h16,20,24-25,28,43H,3-15,17-19,21-22H2,1-2H3,(H,44,48)(H,51,52). The van der Waals surface area contributed by atoms with Crippen molar-refractivity contribution in [1.29, 1.82) is 0 Å². The average molecular weight is 777 g/mol. The molecular formula is C40H50ClFN8O5. The van der Waals surface area contributed by atoms with Crippen molar-refractivity contribution in [3.63, 3.8) is 0 Å². The molecule has 1 amide bonds. The lowest BCUT2D eigenvalue weighted by Crippen LogP contribution is -2.61. The van der Waals surface area contributed by atoms with Crippen LogP contribution in [-0.4, -0.2) is 106 Å². The van der Waals surface area contributed by atoms with E-state index in [1.54, 1.807) is 6.20 Å². The molecule has 0 bridgehead atoms. The Labute approximate surface area is 324 Å². The van der Waals surface area contributed by atoms with Gasteiger partial charge in [-0.2, -0.15) is 15.1 Å². The number of carboxylic acid groups (broad SMARTS) is 1. The number of hydrogen-bond acceptors (Lipinski definition) is 10. The number of carbonyl (C=O) groups is 1. The van der Waals surface area contributed by atoms with Crippen molar-refractivity contribution in [1.82, 2.24) is 35.4 Å². The molecule has 294 valence electrons. The monoisotopic (exact) mass is 776 g/mol. The molecule has 3 N–H and O–H groups in total. The zero-order valence-electron chi connectivity index (χ0n) is 31.6. The second kappa shape index (κ2) is 14.5. The summed E-state index contributed by atoms with van der Waals surface area (Å²) in [4.78, 5) is 30.8. The third-order valence-corrected chi connectivity index (χ3v) is 14.1.